The van der Waals surface area contributed by atoms with Crippen LogP contribution in [0.3, 0.4) is 0 Å². The van der Waals surface area contributed by atoms with Crippen molar-refractivity contribution in [3.05, 3.63) is 72.9 Å². The number of aromatic nitrogens is 1. The summed E-state index contributed by atoms with van der Waals surface area (Å²) in [4.78, 5) is 31.4. The largest absolute Gasteiger partial charge is 0.439 e. The predicted molar refractivity (Wildman–Crippen MR) is 109 cm³/mol. The number of nitrogens with zero attached hydrogens (tertiary/aromatic N) is 2. The summed E-state index contributed by atoms with van der Waals surface area (Å²) in [7, 11) is 0. The molecule has 1 aromatic heterocycles. The van der Waals surface area contributed by atoms with E-state index < -0.39 is 0 Å². The highest BCUT2D eigenvalue weighted by Gasteiger charge is 2.26. The first-order valence-electron chi connectivity index (χ1n) is 8.70. The molecule has 0 saturated carbocycles. The van der Waals surface area contributed by atoms with Crippen LogP contribution in [0.1, 0.15) is 0 Å². The first-order chi connectivity index (χ1) is 13.7. The van der Waals surface area contributed by atoms with Gasteiger partial charge >= 0.3 is 0 Å². The Hall–Kier alpha value is -3.32. The Labute approximate surface area is 166 Å². The molecule has 1 aliphatic heterocycles. The SMILES string of the molecule is O=C(CN1C(=O)CSc2ccccc21)Nc1ccc(Oc2ccccc2)nc1. The highest BCUT2D eigenvalue weighted by molar-refractivity contribution is 8.00. The molecule has 0 spiro atoms. The van der Waals surface area contributed by atoms with E-state index in [4.69, 9.17) is 4.74 Å². The lowest BCUT2D eigenvalue weighted by Crippen LogP contribution is -2.41. The van der Waals surface area contributed by atoms with Crippen LogP contribution in [-0.2, 0) is 9.59 Å². The number of benzene rings is 2. The van der Waals surface area contributed by atoms with Gasteiger partial charge in [0.1, 0.15) is 12.3 Å². The number of nitrogens with one attached hydrogen (secondary N) is 1. The molecule has 2 amide bonds. The van der Waals surface area contributed by atoms with Crippen molar-refractivity contribution in [2.75, 3.05) is 22.5 Å². The zero-order valence-electron chi connectivity index (χ0n) is 14.9. The molecule has 28 heavy (non-hydrogen) atoms. The molecule has 0 bridgehead atoms. The lowest BCUT2D eigenvalue weighted by Gasteiger charge is -2.28. The van der Waals surface area contributed by atoms with E-state index in [1.54, 1.807) is 12.1 Å². The van der Waals surface area contributed by atoms with Crippen LogP contribution in [0, 0.1) is 0 Å². The summed E-state index contributed by atoms with van der Waals surface area (Å²) in [5.41, 5.74) is 1.31. The summed E-state index contributed by atoms with van der Waals surface area (Å²) in [5, 5.41) is 2.77. The van der Waals surface area contributed by atoms with Crippen molar-refractivity contribution in [1.29, 1.82) is 0 Å². The standard InChI is InChI=1S/C21H17N3O3S/c25-19(13-24-17-8-4-5-9-18(17)28-14-21(24)26)23-15-10-11-20(22-12-15)27-16-6-2-1-3-7-16/h1-12H,13-14H2,(H,23,25). The quantitative estimate of drug-likeness (QED) is 0.713. The maximum Gasteiger partial charge on any atom is 0.244 e. The topological polar surface area (TPSA) is 71.5 Å². The molecule has 140 valence electrons. The van der Waals surface area contributed by atoms with E-state index in [9.17, 15) is 9.59 Å². The van der Waals surface area contributed by atoms with Crippen molar-refractivity contribution in [3.63, 3.8) is 0 Å². The average Bonchev–Trinajstić information content (AvgIpc) is 2.72. The zero-order chi connectivity index (χ0) is 19.3. The van der Waals surface area contributed by atoms with Crippen LogP contribution in [0.15, 0.2) is 77.8 Å². The Kier molecular flexibility index (Phi) is 5.25. The van der Waals surface area contributed by atoms with Crippen molar-refractivity contribution < 1.29 is 14.3 Å². The Morgan fingerprint density at radius 2 is 1.86 bits per heavy atom. The molecular weight excluding hydrogens is 374 g/mol. The molecule has 4 rings (SSSR count). The van der Waals surface area contributed by atoms with Crippen molar-refractivity contribution >= 4 is 35.0 Å². The van der Waals surface area contributed by atoms with E-state index in [1.807, 2.05) is 54.6 Å². The van der Waals surface area contributed by atoms with Gasteiger partial charge in [-0.25, -0.2) is 4.98 Å². The fourth-order valence-corrected chi connectivity index (χ4v) is 3.73. The van der Waals surface area contributed by atoms with E-state index >= 15 is 0 Å². The summed E-state index contributed by atoms with van der Waals surface area (Å²) >= 11 is 1.49. The molecule has 1 N–H and O–H groups in total. The van der Waals surface area contributed by atoms with E-state index in [1.165, 1.54) is 22.9 Å². The van der Waals surface area contributed by atoms with Crippen molar-refractivity contribution in [3.8, 4) is 11.6 Å². The number of pyridine rings is 1. The van der Waals surface area contributed by atoms with Gasteiger partial charge in [-0.15, -0.1) is 11.8 Å². The molecule has 7 heteroatoms. The molecule has 0 aliphatic carbocycles. The van der Waals surface area contributed by atoms with Crippen LogP contribution < -0.4 is 15.0 Å². The van der Waals surface area contributed by atoms with E-state index in [2.05, 4.69) is 10.3 Å². The summed E-state index contributed by atoms with van der Waals surface area (Å²) in [6.45, 7) is -0.0430. The smallest absolute Gasteiger partial charge is 0.244 e. The Balaban J connectivity index is 1.39. The van der Waals surface area contributed by atoms with Crippen LogP contribution in [0.25, 0.3) is 0 Å². The maximum atomic E-state index is 12.4. The number of amides is 2. The fraction of sp³-hybridized carbons (Fsp3) is 0.0952. The average molecular weight is 391 g/mol. The fourth-order valence-electron chi connectivity index (χ4n) is 2.80. The van der Waals surface area contributed by atoms with Gasteiger partial charge in [0.05, 0.1) is 23.3 Å². The molecule has 1 aliphatic rings. The maximum absolute atomic E-state index is 12.4. The van der Waals surface area contributed by atoms with Gasteiger partial charge in [-0.1, -0.05) is 30.3 Å². The summed E-state index contributed by atoms with van der Waals surface area (Å²) < 4.78 is 5.63. The summed E-state index contributed by atoms with van der Waals surface area (Å²) in [6.07, 6.45) is 1.53. The summed E-state index contributed by atoms with van der Waals surface area (Å²) in [6, 6.07) is 20.3. The lowest BCUT2D eigenvalue weighted by molar-refractivity contribution is -0.120. The second-order valence-electron chi connectivity index (χ2n) is 6.08. The molecule has 0 atom stereocenters. The monoisotopic (exact) mass is 391 g/mol. The number of carbonyl (C=O) groups is 2. The molecule has 2 heterocycles. The molecular formula is C21H17N3O3S. The van der Waals surface area contributed by atoms with Gasteiger partial charge in [0, 0.05) is 11.0 Å². The number of hydrogen-bond acceptors (Lipinski definition) is 5. The van der Waals surface area contributed by atoms with Gasteiger partial charge in [-0.3, -0.25) is 9.59 Å². The lowest BCUT2D eigenvalue weighted by atomic mass is 10.2. The first kappa shape index (κ1) is 18.1. The zero-order valence-corrected chi connectivity index (χ0v) is 15.7. The third-order valence-electron chi connectivity index (χ3n) is 4.10. The number of fused-ring (bicyclic) bond motifs is 1. The Morgan fingerprint density at radius 1 is 1.07 bits per heavy atom. The van der Waals surface area contributed by atoms with Crippen LogP contribution >= 0.6 is 11.8 Å². The molecule has 0 fully saturated rings. The Morgan fingerprint density at radius 3 is 2.64 bits per heavy atom. The van der Waals surface area contributed by atoms with E-state index in [0.29, 0.717) is 23.1 Å². The highest BCUT2D eigenvalue weighted by atomic mass is 32.2. The van der Waals surface area contributed by atoms with E-state index in [0.717, 1.165) is 10.6 Å². The van der Waals surface area contributed by atoms with Crippen molar-refractivity contribution in [1.82, 2.24) is 4.98 Å². The second kappa shape index (κ2) is 8.14. The number of rotatable bonds is 5. The second-order valence-corrected chi connectivity index (χ2v) is 7.10. The Bertz CT molecular complexity index is 993. The minimum Gasteiger partial charge on any atom is -0.439 e. The number of carbonyl (C=O) groups excluding carboxylic acids is 2. The normalized spacial score (nSPS) is 13.0. The number of thioether (sulfide) groups is 1. The van der Waals surface area contributed by atoms with Crippen LogP contribution in [0.5, 0.6) is 11.6 Å². The van der Waals surface area contributed by atoms with Crippen LogP contribution in [0.4, 0.5) is 11.4 Å². The minimum atomic E-state index is -0.284. The highest BCUT2D eigenvalue weighted by Crippen LogP contribution is 2.34. The third-order valence-corrected chi connectivity index (χ3v) is 5.14. The van der Waals surface area contributed by atoms with Gasteiger partial charge < -0.3 is 15.0 Å². The molecule has 2 aromatic carbocycles. The van der Waals surface area contributed by atoms with Gasteiger partial charge in [0.25, 0.3) is 0 Å². The molecule has 3 aromatic rings. The first-order valence-corrected chi connectivity index (χ1v) is 9.68. The third kappa shape index (κ3) is 4.15. The van der Waals surface area contributed by atoms with Gasteiger partial charge in [0.15, 0.2) is 0 Å². The van der Waals surface area contributed by atoms with Gasteiger partial charge in [0.2, 0.25) is 17.7 Å². The number of anilines is 2. The van der Waals surface area contributed by atoms with Crippen LogP contribution in [0.2, 0.25) is 0 Å². The molecule has 0 unspecified atom stereocenters. The van der Waals surface area contributed by atoms with E-state index in [-0.39, 0.29) is 18.4 Å². The molecule has 6 nitrogen and oxygen atoms in total. The predicted octanol–water partition coefficient (Wildman–Crippen LogP) is 3.95. The van der Waals surface area contributed by atoms with Gasteiger partial charge in [-0.05, 0) is 30.3 Å². The van der Waals surface area contributed by atoms with Gasteiger partial charge in [-0.2, -0.15) is 0 Å². The molecule has 0 saturated heterocycles. The van der Waals surface area contributed by atoms with Crippen molar-refractivity contribution in [2.24, 2.45) is 0 Å². The van der Waals surface area contributed by atoms with Crippen LogP contribution in [-0.4, -0.2) is 29.1 Å². The number of para-hydroxylation sites is 2. The van der Waals surface area contributed by atoms with Crippen molar-refractivity contribution in [2.45, 2.75) is 4.90 Å². The number of ether oxygens (including phenoxy) is 1. The number of hydrogen-bond donors (Lipinski definition) is 1. The molecule has 0 radical (unpaired) electrons. The summed E-state index contributed by atoms with van der Waals surface area (Å²) in [5.74, 6) is 1.09. The minimum absolute atomic E-state index is 0.0430.